The van der Waals surface area contributed by atoms with Crippen LogP contribution in [0.25, 0.3) is 0 Å². The van der Waals surface area contributed by atoms with E-state index < -0.39 is 10.8 Å². The predicted molar refractivity (Wildman–Crippen MR) is 121 cm³/mol. The Hall–Kier alpha value is -3.13. The van der Waals surface area contributed by atoms with Gasteiger partial charge in [0.25, 0.3) is 5.91 Å². The van der Waals surface area contributed by atoms with Crippen LogP contribution in [0.1, 0.15) is 23.0 Å². The van der Waals surface area contributed by atoms with Crippen molar-refractivity contribution in [2.24, 2.45) is 5.73 Å². The highest BCUT2D eigenvalue weighted by Crippen LogP contribution is 2.30. The largest absolute Gasteiger partial charge is 0.383 e. The number of anilines is 3. The van der Waals surface area contributed by atoms with E-state index in [4.69, 9.17) is 15.2 Å². The summed E-state index contributed by atoms with van der Waals surface area (Å²) in [6.45, 7) is 5.64. The van der Waals surface area contributed by atoms with E-state index in [1.165, 1.54) is 13.8 Å². The molecule has 0 aliphatic rings. The number of nitrogens with two attached hydrogens (primary N) is 1. The Labute approximate surface area is 188 Å². The summed E-state index contributed by atoms with van der Waals surface area (Å²) in [7, 11) is 0. The third kappa shape index (κ3) is 7.85. The van der Waals surface area contributed by atoms with Crippen LogP contribution in [0, 0.1) is 17.0 Å². The first-order valence-electron chi connectivity index (χ1n) is 9.76. The zero-order chi connectivity index (χ0) is 23.5. The number of aromatic nitrogens is 1. The van der Waals surface area contributed by atoms with Crippen LogP contribution in [-0.4, -0.2) is 61.2 Å². The van der Waals surface area contributed by atoms with Crippen molar-refractivity contribution in [3.8, 4) is 0 Å². The number of carbonyl (C=O) groups excluding carboxylic acids is 2. The fourth-order valence-corrected chi connectivity index (χ4v) is 3.37. The van der Waals surface area contributed by atoms with Gasteiger partial charge in [0.15, 0.2) is 5.13 Å². The van der Waals surface area contributed by atoms with Crippen molar-refractivity contribution in [2.75, 3.05) is 55.5 Å². The lowest BCUT2D eigenvalue weighted by atomic mass is 10.1. The van der Waals surface area contributed by atoms with Crippen molar-refractivity contribution in [2.45, 2.75) is 13.8 Å². The van der Waals surface area contributed by atoms with E-state index in [1.54, 1.807) is 18.2 Å². The molecule has 0 saturated carbocycles. The molecule has 2 rings (SSSR count). The molecule has 5 N–H and O–H groups in total. The number of amides is 2. The number of hydrogen-bond donors (Lipinski definition) is 4. The maximum absolute atomic E-state index is 12.7. The van der Waals surface area contributed by atoms with Gasteiger partial charge in [-0.15, -0.1) is 0 Å². The minimum Gasteiger partial charge on any atom is -0.383 e. The number of ether oxygens (including phenoxy) is 2. The first kappa shape index (κ1) is 25.1. The molecule has 0 atom stereocenters. The average molecular weight is 467 g/mol. The van der Waals surface area contributed by atoms with Crippen molar-refractivity contribution < 1.29 is 24.0 Å². The third-order valence-corrected chi connectivity index (χ3v) is 4.97. The standard InChI is InChI=1S/C19H26N6O6S/c1-12-18(25(28)29)32-19(22-12)24-17(27)15-4-3-14(11-16(15)23-13(2)26)21-6-8-31-10-9-30-7-5-20/h3-4,11,21H,5-10,20H2,1-2H3,(H,23,26)(H,22,24,27). The maximum Gasteiger partial charge on any atom is 0.348 e. The van der Waals surface area contributed by atoms with E-state index in [-0.39, 0.29) is 27.3 Å². The lowest BCUT2D eigenvalue weighted by Gasteiger charge is -2.13. The molecule has 0 aliphatic carbocycles. The van der Waals surface area contributed by atoms with Crippen molar-refractivity contribution in [1.29, 1.82) is 0 Å². The SMILES string of the molecule is CC(=O)Nc1cc(NCCOCCOCCN)ccc1C(=O)Nc1nc(C)c([N+](=O)[O-])s1. The molecule has 13 heteroatoms. The lowest BCUT2D eigenvalue weighted by molar-refractivity contribution is -0.380. The maximum atomic E-state index is 12.7. The molecule has 0 fully saturated rings. The van der Waals surface area contributed by atoms with Crippen molar-refractivity contribution in [3.05, 3.63) is 39.6 Å². The Kier molecular flexibility index (Phi) is 9.94. The molecule has 1 heterocycles. The summed E-state index contributed by atoms with van der Waals surface area (Å²) in [6.07, 6.45) is 0. The van der Waals surface area contributed by atoms with Gasteiger partial charge in [-0.3, -0.25) is 25.0 Å². The number of nitrogens with zero attached hydrogens (tertiary/aromatic N) is 2. The minimum atomic E-state index is -0.553. The van der Waals surface area contributed by atoms with E-state index in [9.17, 15) is 19.7 Å². The normalized spacial score (nSPS) is 10.6. The highest BCUT2D eigenvalue weighted by molar-refractivity contribution is 7.19. The van der Waals surface area contributed by atoms with Crippen LogP contribution in [0.15, 0.2) is 18.2 Å². The number of aryl methyl sites for hydroxylation is 1. The molecule has 0 saturated heterocycles. The number of thiazole rings is 1. The molecule has 2 amide bonds. The summed E-state index contributed by atoms with van der Waals surface area (Å²) in [5.41, 5.74) is 6.70. The summed E-state index contributed by atoms with van der Waals surface area (Å²) >= 11 is 0.764. The molecular formula is C19H26N6O6S. The lowest BCUT2D eigenvalue weighted by Crippen LogP contribution is -2.17. The Morgan fingerprint density at radius 2 is 1.91 bits per heavy atom. The van der Waals surface area contributed by atoms with E-state index >= 15 is 0 Å². The van der Waals surface area contributed by atoms with Crippen molar-refractivity contribution in [3.63, 3.8) is 0 Å². The van der Waals surface area contributed by atoms with Crippen LogP contribution < -0.4 is 21.7 Å². The van der Waals surface area contributed by atoms with Crippen LogP contribution in [0.2, 0.25) is 0 Å². The van der Waals surface area contributed by atoms with Gasteiger partial charge in [0, 0.05) is 25.7 Å². The van der Waals surface area contributed by atoms with E-state index in [1.807, 2.05) is 0 Å². The van der Waals surface area contributed by atoms with Crippen LogP contribution in [0.3, 0.4) is 0 Å². The molecule has 2 aromatic rings. The first-order chi connectivity index (χ1) is 15.3. The zero-order valence-corrected chi connectivity index (χ0v) is 18.6. The first-order valence-corrected chi connectivity index (χ1v) is 10.6. The van der Waals surface area contributed by atoms with Gasteiger partial charge >= 0.3 is 5.00 Å². The zero-order valence-electron chi connectivity index (χ0n) is 17.8. The van der Waals surface area contributed by atoms with Gasteiger partial charge in [0.05, 0.1) is 42.6 Å². The van der Waals surface area contributed by atoms with Crippen LogP contribution in [-0.2, 0) is 14.3 Å². The molecule has 0 aliphatic heterocycles. The highest BCUT2D eigenvalue weighted by atomic mass is 32.1. The number of benzene rings is 1. The summed E-state index contributed by atoms with van der Waals surface area (Å²) in [6, 6.07) is 4.84. The molecule has 174 valence electrons. The number of nitro groups is 1. The molecule has 1 aromatic heterocycles. The van der Waals surface area contributed by atoms with Gasteiger partial charge in [-0.1, -0.05) is 0 Å². The van der Waals surface area contributed by atoms with Gasteiger partial charge in [-0.2, -0.15) is 0 Å². The second-order valence-electron chi connectivity index (χ2n) is 6.50. The van der Waals surface area contributed by atoms with Crippen LogP contribution in [0.5, 0.6) is 0 Å². The monoisotopic (exact) mass is 466 g/mol. The third-order valence-electron chi connectivity index (χ3n) is 3.94. The van der Waals surface area contributed by atoms with Crippen LogP contribution in [0.4, 0.5) is 21.5 Å². The Bertz CT molecular complexity index is 950. The summed E-state index contributed by atoms with van der Waals surface area (Å²) in [5.74, 6) is -0.900. The van der Waals surface area contributed by atoms with Gasteiger partial charge in [-0.05, 0) is 36.5 Å². The summed E-state index contributed by atoms with van der Waals surface area (Å²) < 4.78 is 10.7. The smallest absolute Gasteiger partial charge is 0.348 e. The van der Waals surface area contributed by atoms with Crippen molar-refractivity contribution >= 4 is 44.7 Å². The van der Waals surface area contributed by atoms with Gasteiger partial charge in [0.2, 0.25) is 5.91 Å². The number of nitrogens with one attached hydrogen (secondary N) is 3. The minimum absolute atomic E-state index is 0.0998. The Morgan fingerprint density at radius 1 is 1.19 bits per heavy atom. The number of rotatable bonds is 13. The number of hydrogen-bond acceptors (Lipinski definition) is 10. The highest BCUT2D eigenvalue weighted by Gasteiger charge is 2.20. The quantitative estimate of drug-likeness (QED) is 0.196. The van der Waals surface area contributed by atoms with Gasteiger partial charge in [0.1, 0.15) is 5.69 Å². The molecule has 12 nitrogen and oxygen atoms in total. The molecule has 1 aromatic carbocycles. The fourth-order valence-electron chi connectivity index (χ4n) is 2.59. The average Bonchev–Trinajstić information content (AvgIpc) is 3.10. The van der Waals surface area contributed by atoms with Crippen LogP contribution >= 0.6 is 11.3 Å². The molecule has 32 heavy (non-hydrogen) atoms. The summed E-state index contributed by atoms with van der Waals surface area (Å²) in [5, 5.41) is 19.2. The van der Waals surface area contributed by atoms with E-state index in [2.05, 4.69) is 20.9 Å². The summed E-state index contributed by atoms with van der Waals surface area (Å²) in [4.78, 5) is 38.7. The molecule has 0 spiro atoms. The van der Waals surface area contributed by atoms with E-state index in [0.717, 1.165) is 11.3 Å². The molecule has 0 unspecified atom stereocenters. The van der Waals surface area contributed by atoms with Gasteiger partial charge < -0.3 is 25.8 Å². The Balaban J connectivity index is 1.99. The van der Waals surface area contributed by atoms with E-state index in [0.29, 0.717) is 50.9 Å². The second kappa shape index (κ2) is 12.7. The number of carbonyl (C=O) groups is 2. The predicted octanol–water partition coefficient (Wildman–Crippen LogP) is 1.97. The second-order valence-corrected chi connectivity index (χ2v) is 7.48. The molecule has 0 radical (unpaired) electrons. The van der Waals surface area contributed by atoms with Gasteiger partial charge in [-0.25, -0.2) is 4.98 Å². The fraction of sp³-hybridized carbons (Fsp3) is 0.421. The molecule has 0 bridgehead atoms. The topological polar surface area (TPSA) is 171 Å². The van der Waals surface area contributed by atoms with Crippen molar-refractivity contribution in [1.82, 2.24) is 4.98 Å². The Morgan fingerprint density at radius 3 is 2.53 bits per heavy atom. The molecular weight excluding hydrogens is 440 g/mol.